The predicted molar refractivity (Wildman–Crippen MR) is 60.4 cm³/mol. The molecule has 0 spiro atoms. The van der Waals surface area contributed by atoms with Crippen molar-refractivity contribution in [3.63, 3.8) is 0 Å². The maximum atomic E-state index is 11.2. The second-order valence-corrected chi connectivity index (χ2v) is 3.94. The fourth-order valence-corrected chi connectivity index (χ4v) is 1.10. The van der Waals surface area contributed by atoms with Gasteiger partial charge in [0.15, 0.2) is 0 Å². The van der Waals surface area contributed by atoms with Gasteiger partial charge in [0.1, 0.15) is 17.2 Å². The fraction of sp³-hybridized carbons (Fsp3) is 0.600. The molecule has 16 heavy (non-hydrogen) atoms. The van der Waals surface area contributed by atoms with Crippen molar-refractivity contribution in [1.82, 2.24) is 9.97 Å². The van der Waals surface area contributed by atoms with Crippen LogP contribution in [0.2, 0.25) is 0 Å². The van der Waals surface area contributed by atoms with Crippen LogP contribution in [0.15, 0.2) is 10.9 Å². The molecule has 6 heteroatoms. The van der Waals surface area contributed by atoms with Crippen molar-refractivity contribution >= 4 is 5.82 Å². The Kier molecular flexibility index (Phi) is 4.03. The molecular weight excluding hydrogens is 210 g/mol. The Morgan fingerprint density at radius 1 is 1.62 bits per heavy atom. The SMILES string of the molecule is CCc1nc(NCC(C)(O)CO)cc(=O)[nH]1. The minimum Gasteiger partial charge on any atom is -0.393 e. The van der Waals surface area contributed by atoms with Crippen molar-refractivity contribution < 1.29 is 10.2 Å². The van der Waals surface area contributed by atoms with E-state index in [0.29, 0.717) is 18.1 Å². The van der Waals surface area contributed by atoms with Crippen molar-refractivity contribution in [2.24, 2.45) is 0 Å². The number of H-pyrrole nitrogens is 1. The zero-order valence-electron chi connectivity index (χ0n) is 9.45. The van der Waals surface area contributed by atoms with Gasteiger partial charge in [0.2, 0.25) is 0 Å². The summed E-state index contributed by atoms with van der Waals surface area (Å²) in [6, 6.07) is 1.31. The number of aromatic amines is 1. The van der Waals surface area contributed by atoms with E-state index in [0.717, 1.165) is 0 Å². The van der Waals surface area contributed by atoms with Crippen LogP contribution in [0.5, 0.6) is 0 Å². The van der Waals surface area contributed by atoms with Crippen LogP contribution in [-0.4, -0.2) is 38.9 Å². The van der Waals surface area contributed by atoms with Crippen molar-refractivity contribution in [1.29, 1.82) is 0 Å². The number of aliphatic hydroxyl groups excluding tert-OH is 1. The summed E-state index contributed by atoms with van der Waals surface area (Å²) in [5.41, 5.74) is -1.46. The lowest BCUT2D eigenvalue weighted by Gasteiger charge is -2.20. The van der Waals surface area contributed by atoms with Crippen LogP contribution in [0.1, 0.15) is 19.7 Å². The first-order valence-electron chi connectivity index (χ1n) is 5.14. The number of hydrogen-bond acceptors (Lipinski definition) is 5. The molecule has 1 heterocycles. The summed E-state index contributed by atoms with van der Waals surface area (Å²) in [5.74, 6) is 0.980. The van der Waals surface area contributed by atoms with Gasteiger partial charge in [-0.15, -0.1) is 0 Å². The molecule has 1 atom stereocenters. The molecule has 0 saturated carbocycles. The molecule has 1 rings (SSSR count). The van der Waals surface area contributed by atoms with Gasteiger partial charge in [-0.05, 0) is 6.92 Å². The molecule has 0 saturated heterocycles. The summed E-state index contributed by atoms with van der Waals surface area (Å²) in [5, 5.41) is 21.2. The van der Waals surface area contributed by atoms with Crippen LogP contribution in [0.25, 0.3) is 0 Å². The third-order valence-electron chi connectivity index (χ3n) is 2.12. The summed E-state index contributed by atoms with van der Waals surface area (Å²) in [4.78, 5) is 17.9. The van der Waals surface area contributed by atoms with Crippen molar-refractivity contribution in [2.75, 3.05) is 18.5 Å². The number of anilines is 1. The Bertz CT molecular complexity index is 401. The number of hydrogen-bond donors (Lipinski definition) is 4. The van der Waals surface area contributed by atoms with Gasteiger partial charge < -0.3 is 20.5 Å². The van der Waals surface area contributed by atoms with E-state index >= 15 is 0 Å². The van der Waals surface area contributed by atoms with Gasteiger partial charge in [0.25, 0.3) is 5.56 Å². The average Bonchev–Trinajstić information content (AvgIpc) is 2.26. The fourth-order valence-electron chi connectivity index (χ4n) is 1.10. The van der Waals surface area contributed by atoms with E-state index in [9.17, 15) is 9.90 Å². The van der Waals surface area contributed by atoms with Gasteiger partial charge in [-0.2, -0.15) is 0 Å². The highest BCUT2D eigenvalue weighted by molar-refractivity contribution is 5.33. The molecule has 4 N–H and O–H groups in total. The van der Waals surface area contributed by atoms with Gasteiger partial charge in [0, 0.05) is 19.0 Å². The van der Waals surface area contributed by atoms with E-state index < -0.39 is 5.60 Å². The first-order valence-corrected chi connectivity index (χ1v) is 5.14. The van der Waals surface area contributed by atoms with Crippen LogP contribution < -0.4 is 10.9 Å². The lowest BCUT2D eigenvalue weighted by atomic mass is 10.1. The normalized spacial score (nSPS) is 14.5. The molecule has 90 valence electrons. The molecule has 0 aromatic carbocycles. The van der Waals surface area contributed by atoms with Gasteiger partial charge in [-0.3, -0.25) is 4.79 Å². The lowest BCUT2D eigenvalue weighted by Crippen LogP contribution is -2.37. The largest absolute Gasteiger partial charge is 0.393 e. The highest BCUT2D eigenvalue weighted by Crippen LogP contribution is 2.05. The number of nitrogens with zero attached hydrogens (tertiary/aromatic N) is 1. The summed E-state index contributed by atoms with van der Waals surface area (Å²) < 4.78 is 0. The Balaban J connectivity index is 2.74. The second kappa shape index (κ2) is 5.09. The second-order valence-electron chi connectivity index (χ2n) is 3.94. The van der Waals surface area contributed by atoms with E-state index in [-0.39, 0.29) is 18.7 Å². The zero-order valence-corrected chi connectivity index (χ0v) is 9.45. The molecule has 1 unspecified atom stereocenters. The molecule has 1 aromatic rings. The Morgan fingerprint density at radius 2 is 2.31 bits per heavy atom. The molecule has 1 aromatic heterocycles. The van der Waals surface area contributed by atoms with Gasteiger partial charge in [-0.1, -0.05) is 6.92 Å². The lowest BCUT2D eigenvalue weighted by molar-refractivity contribution is 0.0131. The van der Waals surface area contributed by atoms with Crippen molar-refractivity contribution in [3.8, 4) is 0 Å². The van der Waals surface area contributed by atoms with E-state index in [4.69, 9.17) is 5.11 Å². The standard InChI is InChI=1S/C10H17N3O3/c1-3-7-12-8(4-9(15)13-7)11-5-10(2,16)6-14/h4,14,16H,3,5-6H2,1-2H3,(H2,11,12,13,15). The first kappa shape index (κ1) is 12.7. The highest BCUT2D eigenvalue weighted by Gasteiger charge is 2.18. The smallest absolute Gasteiger partial charge is 0.252 e. The van der Waals surface area contributed by atoms with Crippen LogP contribution in [0.4, 0.5) is 5.82 Å². The zero-order chi connectivity index (χ0) is 12.2. The van der Waals surface area contributed by atoms with Crippen LogP contribution in [-0.2, 0) is 6.42 Å². The van der Waals surface area contributed by atoms with Gasteiger partial charge >= 0.3 is 0 Å². The summed E-state index contributed by atoms with van der Waals surface area (Å²) in [7, 11) is 0. The maximum Gasteiger partial charge on any atom is 0.252 e. The number of rotatable bonds is 5. The Hall–Kier alpha value is -1.40. The Labute approximate surface area is 93.4 Å². The maximum absolute atomic E-state index is 11.2. The summed E-state index contributed by atoms with van der Waals surface area (Å²) in [6.07, 6.45) is 0.626. The van der Waals surface area contributed by atoms with Gasteiger partial charge in [-0.25, -0.2) is 4.98 Å². The third-order valence-corrected chi connectivity index (χ3v) is 2.12. The van der Waals surface area contributed by atoms with Crippen molar-refractivity contribution in [3.05, 3.63) is 22.2 Å². The minimum atomic E-state index is -1.23. The van der Waals surface area contributed by atoms with Crippen LogP contribution in [0, 0.1) is 0 Å². The molecule has 0 bridgehead atoms. The Morgan fingerprint density at radius 3 is 2.88 bits per heavy atom. The number of aryl methyl sites for hydroxylation is 1. The number of nitrogens with one attached hydrogen (secondary N) is 2. The van der Waals surface area contributed by atoms with Crippen LogP contribution >= 0.6 is 0 Å². The number of aromatic nitrogens is 2. The van der Waals surface area contributed by atoms with E-state index in [1.54, 1.807) is 0 Å². The van der Waals surface area contributed by atoms with E-state index in [2.05, 4.69) is 15.3 Å². The summed E-state index contributed by atoms with van der Waals surface area (Å²) in [6.45, 7) is 3.15. The monoisotopic (exact) mass is 227 g/mol. The molecule has 0 aliphatic rings. The van der Waals surface area contributed by atoms with Gasteiger partial charge in [0.05, 0.1) is 6.61 Å². The topological polar surface area (TPSA) is 98.2 Å². The molecular formula is C10H17N3O3. The first-order chi connectivity index (χ1) is 7.46. The average molecular weight is 227 g/mol. The molecule has 0 fully saturated rings. The molecule has 0 aliphatic heterocycles. The molecule has 6 nitrogen and oxygen atoms in total. The quantitative estimate of drug-likeness (QED) is 0.543. The molecule has 0 radical (unpaired) electrons. The number of aliphatic hydroxyl groups is 2. The summed E-state index contributed by atoms with van der Waals surface area (Å²) >= 11 is 0. The molecule has 0 aliphatic carbocycles. The predicted octanol–water partition coefficient (Wildman–Crippen LogP) is -0.513. The highest BCUT2D eigenvalue weighted by atomic mass is 16.3. The van der Waals surface area contributed by atoms with E-state index in [1.165, 1.54) is 13.0 Å². The molecule has 0 amide bonds. The minimum absolute atomic E-state index is 0.128. The van der Waals surface area contributed by atoms with E-state index in [1.807, 2.05) is 6.92 Å². The van der Waals surface area contributed by atoms with Crippen LogP contribution in [0.3, 0.4) is 0 Å². The third kappa shape index (κ3) is 3.63. The van der Waals surface area contributed by atoms with Crippen molar-refractivity contribution in [2.45, 2.75) is 25.9 Å².